The fraction of sp³-hybridized carbons (Fsp3) is 0.444. The zero-order chi connectivity index (χ0) is 18.1. The molecule has 1 unspecified atom stereocenters. The van der Waals surface area contributed by atoms with E-state index in [0.717, 1.165) is 18.4 Å². The average Bonchev–Trinajstić information content (AvgIpc) is 3.07. The highest BCUT2D eigenvalue weighted by molar-refractivity contribution is 7.79. The lowest BCUT2D eigenvalue weighted by Gasteiger charge is -2.21. The van der Waals surface area contributed by atoms with Crippen LogP contribution in [0.3, 0.4) is 0 Å². The van der Waals surface area contributed by atoms with E-state index in [4.69, 9.17) is 44.9 Å². The van der Waals surface area contributed by atoms with Crippen LogP contribution in [0.4, 0.5) is 0 Å². The number of hydrogen-bond acceptors (Lipinski definition) is 4. The van der Waals surface area contributed by atoms with Gasteiger partial charge in [0.05, 0.1) is 19.5 Å². The van der Waals surface area contributed by atoms with E-state index >= 15 is 0 Å². The second-order valence-electron chi connectivity index (χ2n) is 5.69. The number of nitrogens with zero attached hydrogens (tertiary/aromatic N) is 2. The summed E-state index contributed by atoms with van der Waals surface area (Å²) < 4.78 is 13.3. The number of hydrogen-bond donors (Lipinski definition) is 0. The standard InChI is InChI=1S/C18H22Cl2N2O2S/c1-2-3-4-5-10-23-18(25)24-17(12-22-9-8-21-13-22)15-7-6-14(19)11-16(15)20/h6-9,11,13,17H,2-5,10,12H2,1H3. The Morgan fingerprint density at radius 1 is 1.28 bits per heavy atom. The van der Waals surface area contributed by atoms with E-state index in [9.17, 15) is 0 Å². The molecule has 2 rings (SSSR count). The van der Waals surface area contributed by atoms with E-state index in [-0.39, 0.29) is 11.3 Å². The van der Waals surface area contributed by atoms with Crippen LogP contribution in [0, 0.1) is 0 Å². The van der Waals surface area contributed by atoms with Crippen LogP contribution in [0.2, 0.25) is 10.0 Å². The number of ether oxygens (including phenoxy) is 2. The molecule has 4 nitrogen and oxygen atoms in total. The van der Waals surface area contributed by atoms with Crippen molar-refractivity contribution in [2.24, 2.45) is 0 Å². The first-order valence-corrected chi connectivity index (χ1v) is 9.50. The molecule has 1 atom stereocenters. The maximum absolute atomic E-state index is 6.34. The molecule has 0 radical (unpaired) electrons. The molecule has 136 valence electrons. The van der Waals surface area contributed by atoms with Crippen molar-refractivity contribution in [1.82, 2.24) is 9.55 Å². The van der Waals surface area contributed by atoms with Gasteiger partial charge in [-0.15, -0.1) is 0 Å². The average molecular weight is 401 g/mol. The molecular weight excluding hydrogens is 379 g/mol. The van der Waals surface area contributed by atoms with Crippen LogP contribution >= 0.6 is 35.4 Å². The third kappa shape index (κ3) is 6.84. The molecule has 0 spiro atoms. The van der Waals surface area contributed by atoms with Gasteiger partial charge in [0.15, 0.2) is 0 Å². The van der Waals surface area contributed by atoms with Crippen molar-refractivity contribution < 1.29 is 9.47 Å². The predicted molar refractivity (Wildman–Crippen MR) is 105 cm³/mol. The van der Waals surface area contributed by atoms with Crippen LogP contribution in [0.1, 0.15) is 44.3 Å². The number of imidazole rings is 1. The van der Waals surface area contributed by atoms with Gasteiger partial charge >= 0.3 is 5.24 Å². The van der Waals surface area contributed by atoms with Gasteiger partial charge < -0.3 is 14.0 Å². The first-order chi connectivity index (χ1) is 12.1. The topological polar surface area (TPSA) is 36.3 Å². The summed E-state index contributed by atoms with van der Waals surface area (Å²) in [6, 6.07) is 5.31. The third-order valence-corrected chi connectivity index (χ3v) is 4.48. The van der Waals surface area contributed by atoms with Gasteiger partial charge in [0, 0.05) is 40.2 Å². The summed E-state index contributed by atoms with van der Waals surface area (Å²) in [7, 11) is 0. The summed E-state index contributed by atoms with van der Waals surface area (Å²) in [5.74, 6) is 0. The van der Waals surface area contributed by atoms with Crippen LogP contribution in [-0.4, -0.2) is 21.4 Å². The van der Waals surface area contributed by atoms with Crippen molar-refractivity contribution in [3.05, 3.63) is 52.5 Å². The summed E-state index contributed by atoms with van der Waals surface area (Å²) >= 11 is 17.6. The van der Waals surface area contributed by atoms with E-state index < -0.39 is 0 Å². The molecule has 0 amide bonds. The summed E-state index contributed by atoms with van der Waals surface area (Å²) in [5, 5.41) is 1.24. The first kappa shape index (κ1) is 20.0. The first-order valence-electron chi connectivity index (χ1n) is 8.34. The van der Waals surface area contributed by atoms with Crippen LogP contribution in [0.5, 0.6) is 0 Å². The van der Waals surface area contributed by atoms with E-state index in [2.05, 4.69) is 11.9 Å². The Morgan fingerprint density at radius 2 is 2.12 bits per heavy atom. The van der Waals surface area contributed by atoms with Gasteiger partial charge in [0.25, 0.3) is 0 Å². The van der Waals surface area contributed by atoms with Gasteiger partial charge in [-0.3, -0.25) is 0 Å². The highest BCUT2D eigenvalue weighted by Gasteiger charge is 2.19. The molecule has 7 heteroatoms. The predicted octanol–water partition coefficient (Wildman–Crippen LogP) is 5.83. The summed E-state index contributed by atoms with van der Waals surface area (Å²) in [5.41, 5.74) is 0.802. The number of benzene rings is 1. The molecule has 0 N–H and O–H groups in total. The lowest BCUT2D eigenvalue weighted by atomic mass is 10.1. The third-order valence-electron chi connectivity index (χ3n) is 3.70. The summed E-state index contributed by atoms with van der Waals surface area (Å²) in [6.07, 6.45) is 9.37. The van der Waals surface area contributed by atoms with E-state index in [1.54, 1.807) is 24.7 Å². The maximum atomic E-state index is 6.34. The minimum Gasteiger partial charge on any atom is -0.457 e. The number of thiocarbonyl (C=S) groups is 1. The fourth-order valence-electron chi connectivity index (χ4n) is 2.38. The van der Waals surface area contributed by atoms with E-state index in [1.165, 1.54) is 12.8 Å². The highest BCUT2D eigenvalue weighted by atomic mass is 35.5. The minimum atomic E-state index is -0.387. The molecule has 0 aliphatic heterocycles. The van der Waals surface area contributed by atoms with Crippen LogP contribution in [0.25, 0.3) is 0 Å². The number of rotatable bonds is 9. The van der Waals surface area contributed by atoms with Crippen molar-refractivity contribution in [2.45, 2.75) is 45.3 Å². The van der Waals surface area contributed by atoms with Crippen molar-refractivity contribution in [2.75, 3.05) is 6.61 Å². The molecule has 1 heterocycles. The molecule has 0 saturated carbocycles. The molecule has 0 aliphatic carbocycles. The minimum absolute atomic E-state index is 0.132. The lowest BCUT2D eigenvalue weighted by molar-refractivity contribution is 0.105. The quantitative estimate of drug-likeness (QED) is 0.391. The molecular formula is C18H22Cl2N2O2S. The fourth-order valence-corrected chi connectivity index (χ4v) is 3.11. The summed E-state index contributed by atoms with van der Waals surface area (Å²) in [6.45, 7) is 3.25. The van der Waals surface area contributed by atoms with Crippen molar-refractivity contribution in [3.8, 4) is 0 Å². The number of halogens is 2. The Kier molecular flexibility index (Phi) is 8.52. The van der Waals surface area contributed by atoms with Crippen LogP contribution in [0.15, 0.2) is 36.9 Å². The molecule has 25 heavy (non-hydrogen) atoms. The maximum Gasteiger partial charge on any atom is 0.352 e. The molecule has 2 aromatic rings. The molecule has 1 aromatic heterocycles. The molecule has 0 bridgehead atoms. The second kappa shape index (κ2) is 10.6. The molecule has 0 aliphatic rings. The molecule has 1 aromatic carbocycles. The smallest absolute Gasteiger partial charge is 0.352 e. The monoisotopic (exact) mass is 400 g/mol. The Labute approximate surface area is 164 Å². The van der Waals surface area contributed by atoms with Gasteiger partial charge in [-0.2, -0.15) is 0 Å². The normalized spacial score (nSPS) is 12.0. The summed E-state index contributed by atoms with van der Waals surface area (Å²) in [4.78, 5) is 4.05. The Balaban J connectivity index is 2.00. The molecule has 0 fully saturated rings. The molecule has 0 saturated heterocycles. The second-order valence-corrected chi connectivity index (χ2v) is 6.87. The van der Waals surface area contributed by atoms with Crippen molar-refractivity contribution in [1.29, 1.82) is 0 Å². The zero-order valence-corrected chi connectivity index (χ0v) is 16.5. The number of aromatic nitrogens is 2. The van der Waals surface area contributed by atoms with Crippen molar-refractivity contribution >= 4 is 40.7 Å². The van der Waals surface area contributed by atoms with Gasteiger partial charge in [-0.25, -0.2) is 4.98 Å². The SMILES string of the molecule is CCCCCCOC(=S)OC(Cn1ccnc1)c1ccc(Cl)cc1Cl. The van der Waals surface area contributed by atoms with Gasteiger partial charge in [0.1, 0.15) is 6.10 Å². The van der Waals surface area contributed by atoms with Gasteiger partial charge in [0.2, 0.25) is 0 Å². The van der Waals surface area contributed by atoms with E-state index in [0.29, 0.717) is 23.2 Å². The highest BCUT2D eigenvalue weighted by Crippen LogP contribution is 2.30. The van der Waals surface area contributed by atoms with Crippen molar-refractivity contribution in [3.63, 3.8) is 0 Å². The largest absolute Gasteiger partial charge is 0.457 e. The Hall–Kier alpha value is -1.30. The van der Waals surface area contributed by atoms with Gasteiger partial charge in [-0.05, 0) is 18.6 Å². The van der Waals surface area contributed by atoms with Gasteiger partial charge in [-0.1, -0.05) is 55.5 Å². The van der Waals surface area contributed by atoms with E-state index in [1.807, 2.05) is 16.8 Å². The van der Waals surface area contributed by atoms with Crippen LogP contribution in [-0.2, 0) is 16.0 Å². The van der Waals surface area contributed by atoms with Crippen LogP contribution < -0.4 is 0 Å². The lowest BCUT2D eigenvalue weighted by Crippen LogP contribution is -2.18. The Morgan fingerprint density at radius 3 is 2.80 bits per heavy atom. The zero-order valence-electron chi connectivity index (χ0n) is 14.2. The Bertz CT molecular complexity index is 665. The number of unbranched alkanes of at least 4 members (excludes halogenated alkanes) is 3.